The Labute approximate surface area is 88.2 Å². The number of rotatable bonds is 2. The summed E-state index contributed by atoms with van der Waals surface area (Å²) in [5.74, 6) is 0. The summed E-state index contributed by atoms with van der Waals surface area (Å²) >= 11 is 0. The molecule has 0 saturated carbocycles. The average molecular weight is 201 g/mol. The normalized spacial score (nSPS) is 26.6. The van der Waals surface area contributed by atoms with Gasteiger partial charge in [-0.15, -0.1) is 0 Å². The van der Waals surface area contributed by atoms with Gasteiger partial charge in [-0.1, -0.05) is 0 Å². The number of quaternary nitrogens is 1. The minimum atomic E-state index is 0.360. The maximum Gasteiger partial charge on any atom is 0.193 e. The molecule has 84 valence electrons. The van der Waals surface area contributed by atoms with Crippen LogP contribution in [-0.4, -0.2) is 62.5 Å². The van der Waals surface area contributed by atoms with Crippen molar-refractivity contribution in [2.24, 2.45) is 0 Å². The molecule has 1 rings (SSSR count). The topological polar surface area (TPSA) is 12.5 Å². The van der Waals surface area contributed by atoms with Crippen LogP contribution in [0.4, 0.5) is 0 Å². The lowest BCUT2D eigenvalue weighted by molar-refractivity contribution is -0.919. The molecule has 0 bridgehead atoms. The molecule has 1 aliphatic rings. The molecule has 0 aromatic carbocycles. The maximum absolute atomic E-state index is 5.88. The third-order valence-electron chi connectivity index (χ3n) is 2.95. The summed E-state index contributed by atoms with van der Waals surface area (Å²) in [4.78, 5) is 2.50. The largest absolute Gasteiger partial charge is 0.328 e. The second-order valence-corrected chi connectivity index (χ2v) is 5.36. The highest BCUT2D eigenvalue weighted by atomic mass is 16.5. The minimum absolute atomic E-state index is 0.360. The predicted molar refractivity (Wildman–Crippen MR) is 59.1 cm³/mol. The third kappa shape index (κ3) is 3.23. The lowest BCUT2D eigenvalue weighted by atomic mass is 10.2. The van der Waals surface area contributed by atoms with Crippen molar-refractivity contribution in [1.29, 1.82) is 0 Å². The van der Waals surface area contributed by atoms with Crippen LogP contribution in [0.25, 0.3) is 0 Å². The van der Waals surface area contributed by atoms with Gasteiger partial charge in [0.15, 0.2) is 6.23 Å². The second-order valence-electron chi connectivity index (χ2n) is 5.36. The highest BCUT2D eigenvalue weighted by Gasteiger charge is 2.28. The van der Waals surface area contributed by atoms with E-state index in [9.17, 15) is 0 Å². The highest BCUT2D eigenvalue weighted by Crippen LogP contribution is 2.15. The fourth-order valence-corrected chi connectivity index (χ4v) is 1.90. The first-order chi connectivity index (χ1) is 6.41. The van der Waals surface area contributed by atoms with Gasteiger partial charge >= 0.3 is 0 Å². The van der Waals surface area contributed by atoms with Crippen LogP contribution in [0.2, 0.25) is 0 Å². The van der Waals surface area contributed by atoms with Gasteiger partial charge in [-0.3, -0.25) is 4.90 Å². The van der Waals surface area contributed by atoms with E-state index in [1.165, 1.54) is 0 Å². The van der Waals surface area contributed by atoms with Gasteiger partial charge in [-0.05, 0) is 13.8 Å². The van der Waals surface area contributed by atoms with Crippen molar-refractivity contribution in [1.82, 2.24) is 4.90 Å². The summed E-state index contributed by atoms with van der Waals surface area (Å²) in [5, 5.41) is 0. The Morgan fingerprint density at radius 2 is 1.86 bits per heavy atom. The quantitative estimate of drug-likeness (QED) is 0.621. The minimum Gasteiger partial charge on any atom is -0.328 e. The second kappa shape index (κ2) is 4.60. The molecular weight excluding hydrogens is 176 g/mol. The molecule has 1 heterocycles. The van der Waals surface area contributed by atoms with E-state index in [0.29, 0.717) is 12.3 Å². The number of hydrogen-bond donors (Lipinski definition) is 0. The van der Waals surface area contributed by atoms with E-state index < -0.39 is 0 Å². The van der Waals surface area contributed by atoms with E-state index in [2.05, 4.69) is 39.9 Å². The van der Waals surface area contributed by atoms with Crippen molar-refractivity contribution in [2.45, 2.75) is 32.5 Å². The number of nitrogens with zero attached hydrogens (tertiary/aromatic N) is 2. The highest BCUT2D eigenvalue weighted by molar-refractivity contribution is 4.66. The lowest BCUT2D eigenvalue weighted by Gasteiger charge is -2.32. The van der Waals surface area contributed by atoms with Crippen molar-refractivity contribution >= 4 is 0 Å². The molecule has 0 aliphatic carbocycles. The van der Waals surface area contributed by atoms with Crippen LogP contribution in [0.15, 0.2) is 0 Å². The third-order valence-corrected chi connectivity index (χ3v) is 2.95. The zero-order valence-electron chi connectivity index (χ0n) is 10.3. The van der Waals surface area contributed by atoms with E-state index in [1.807, 2.05) is 0 Å². The Balaban J connectivity index is 2.49. The van der Waals surface area contributed by atoms with E-state index in [-0.39, 0.29) is 0 Å². The Bertz CT molecular complexity index is 175. The van der Waals surface area contributed by atoms with E-state index in [1.54, 1.807) is 0 Å². The monoisotopic (exact) mass is 201 g/mol. The van der Waals surface area contributed by atoms with Crippen LogP contribution in [0.3, 0.4) is 0 Å². The number of hydrogen-bond acceptors (Lipinski definition) is 2. The molecule has 0 radical (unpaired) electrons. The van der Waals surface area contributed by atoms with Crippen molar-refractivity contribution in [2.75, 3.05) is 40.8 Å². The van der Waals surface area contributed by atoms with E-state index >= 15 is 0 Å². The first kappa shape index (κ1) is 12.0. The molecule has 0 aromatic rings. The van der Waals surface area contributed by atoms with Gasteiger partial charge in [0.25, 0.3) is 0 Å². The molecular formula is C11H25N2O+. The van der Waals surface area contributed by atoms with Gasteiger partial charge in [0.05, 0.1) is 27.7 Å². The molecule has 1 aliphatic heterocycles. The summed E-state index contributed by atoms with van der Waals surface area (Å²) in [6.07, 6.45) is 1.50. The van der Waals surface area contributed by atoms with Gasteiger partial charge in [0.2, 0.25) is 0 Å². The molecule has 0 amide bonds. The molecule has 3 nitrogen and oxygen atoms in total. The zero-order chi connectivity index (χ0) is 10.8. The van der Waals surface area contributed by atoms with Gasteiger partial charge < -0.3 is 9.22 Å². The molecule has 0 aromatic heterocycles. The predicted octanol–water partition coefficient (Wildman–Crippen LogP) is 1.15. The first-order valence-electron chi connectivity index (χ1n) is 5.58. The van der Waals surface area contributed by atoms with Crippen LogP contribution in [-0.2, 0) is 4.74 Å². The van der Waals surface area contributed by atoms with Crippen LogP contribution in [0.5, 0.6) is 0 Å². The van der Waals surface area contributed by atoms with Gasteiger partial charge in [0, 0.05) is 25.6 Å². The molecule has 0 N–H and O–H groups in total. The van der Waals surface area contributed by atoms with Crippen LogP contribution in [0.1, 0.15) is 20.3 Å². The molecule has 0 spiro atoms. The summed E-state index contributed by atoms with van der Waals surface area (Å²) in [6, 6.07) is 0.643. The van der Waals surface area contributed by atoms with Gasteiger partial charge in [-0.2, -0.15) is 0 Å². The molecule has 1 saturated heterocycles. The Morgan fingerprint density at radius 3 is 2.36 bits per heavy atom. The summed E-state index contributed by atoms with van der Waals surface area (Å²) in [7, 11) is 6.61. The van der Waals surface area contributed by atoms with Crippen LogP contribution < -0.4 is 0 Å². The maximum atomic E-state index is 5.88. The molecule has 1 unspecified atom stereocenters. The SMILES string of the molecule is CC(C)N1CCOC([N+](C)(C)C)CC1. The van der Waals surface area contributed by atoms with Crippen LogP contribution >= 0.6 is 0 Å². The van der Waals surface area contributed by atoms with E-state index in [4.69, 9.17) is 4.74 Å². The molecule has 1 fully saturated rings. The van der Waals surface area contributed by atoms with Gasteiger partial charge in [-0.25, -0.2) is 0 Å². The van der Waals surface area contributed by atoms with Crippen molar-refractivity contribution in [3.63, 3.8) is 0 Å². The summed E-state index contributed by atoms with van der Waals surface area (Å²) in [5.41, 5.74) is 0. The Morgan fingerprint density at radius 1 is 1.21 bits per heavy atom. The standard InChI is InChI=1S/C11H25N2O/c1-10(2)12-7-6-11(13(3,4)5)14-9-8-12/h10-11H,6-9H2,1-5H3/q+1. The molecule has 3 heteroatoms. The molecule has 14 heavy (non-hydrogen) atoms. The first-order valence-corrected chi connectivity index (χ1v) is 5.58. The smallest absolute Gasteiger partial charge is 0.193 e. The Hall–Kier alpha value is -0.120. The molecule has 1 atom stereocenters. The van der Waals surface area contributed by atoms with Crippen molar-refractivity contribution < 1.29 is 9.22 Å². The number of ether oxygens (including phenoxy) is 1. The lowest BCUT2D eigenvalue weighted by Crippen LogP contribution is -2.47. The van der Waals surface area contributed by atoms with E-state index in [0.717, 1.165) is 30.6 Å². The average Bonchev–Trinajstić information content (AvgIpc) is 2.26. The summed E-state index contributed by atoms with van der Waals surface area (Å²) < 4.78 is 6.79. The fourth-order valence-electron chi connectivity index (χ4n) is 1.90. The summed E-state index contributed by atoms with van der Waals surface area (Å²) in [6.45, 7) is 7.63. The van der Waals surface area contributed by atoms with Crippen molar-refractivity contribution in [3.8, 4) is 0 Å². The van der Waals surface area contributed by atoms with Gasteiger partial charge in [0.1, 0.15) is 0 Å². The fraction of sp³-hybridized carbons (Fsp3) is 1.00. The van der Waals surface area contributed by atoms with Crippen molar-refractivity contribution in [3.05, 3.63) is 0 Å². The zero-order valence-corrected chi connectivity index (χ0v) is 10.3. The Kier molecular flexibility index (Phi) is 3.93. The van der Waals surface area contributed by atoms with Crippen LogP contribution in [0, 0.1) is 0 Å².